The largest absolute Gasteiger partial charge is 0.467 e. The van der Waals surface area contributed by atoms with Crippen molar-refractivity contribution < 1.29 is 9.21 Å². The highest BCUT2D eigenvalue weighted by atomic mass is 35.5. The third-order valence-corrected chi connectivity index (χ3v) is 5.49. The van der Waals surface area contributed by atoms with Crippen molar-refractivity contribution in [2.24, 2.45) is 0 Å². The molecule has 0 aliphatic rings. The van der Waals surface area contributed by atoms with Crippen molar-refractivity contribution in [1.29, 1.82) is 5.26 Å². The van der Waals surface area contributed by atoms with Gasteiger partial charge in [0, 0.05) is 15.6 Å². The van der Waals surface area contributed by atoms with Gasteiger partial charge in [-0.3, -0.25) is 4.79 Å². The Balaban J connectivity index is 1.79. The second-order valence-electron chi connectivity index (χ2n) is 6.01. The molecular formula is C20H18ClN3O2S. The summed E-state index contributed by atoms with van der Waals surface area (Å²) >= 11 is 7.37. The maximum Gasteiger partial charge on any atom is 0.235 e. The maximum absolute atomic E-state index is 12.5. The minimum Gasteiger partial charge on any atom is -0.467 e. The van der Waals surface area contributed by atoms with E-state index in [0.29, 0.717) is 22.9 Å². The molecule has 0 unspecified atom stereocenters. The highest BCUT2D eigenvalue weighted by Crippen LogP contribution is 2.28. The van der Waals surface area contributed by atoms with Gasteiger partial charge in [-0.25, -0.2) is 0 Å². The fourth-order valence-corrected chi connectivity index (χ4v) is 3.77. The van der Waals surface area contributed by atoms with Crippen LogP contribution >= 0.6 is 23.4 Å². The van der Waals surface area contributed by atoms with Crippen LogP contribution < -0.4 is 5.32 Å². The van der Waals surface area contributed by atoms with Gasteiger partial charge in [0.1, 0.15) is 17.6 Å². The molecule has 3 rings (SSSR count). The molecule has 3 aromatic rings. The summed E-state index contributed by atoms with van der Waals surface area (Å²) < 4.78 is 7.32. The normalized spacial score (nSPS) is 10.6. The molecule has 0 saturated carbocycles. The first-order valence-corrected chi connectivity index (χ1v) is 9.66. The number of carbonyl (C=O) groups excluding carboxylic acids is 1. The summed E-state index contributed by atoms with van der Waals surface area (Å²) in [5, 5.41) is 13.1. The van der Waals surface area contributed by atoms with Gasteiger partial charge in [0.25, 0.3) is 0 Å². The standard InChI is InChI=1S/C20H18ClN3O2S/c1-13-14(2)24(11-16-6-4-8-26-16)20(18(13)10-22)23-19(25)12-27-17-7-3-5-15(21)9-17/h3-9H,11-12H2,1-2H3,(H,23,25). The lowest BCUT2D eigenvalue weighted by atomic mass is 10.2. The van der Waals surface area contributed by atoms with E-state index >= 15 is 0 Å². The molecule has 0 bridgehead atoms. The van der Waals surface area contributed by atoms with Crippen molar-refractivity contribution in [3.63, 3.8) is 0 Å². The predicted octanol–water partition coefficient (Wildman–Crippen LogP) is 5.00. The fraction of sp³-hybridized carbons (Fsp3) is 0.200. The number of furan rings is 1. The van der Waals surface area contributed by atoms with Crippen molar-refractivity contribution in [3.8, 4) is 6.07 Å². The number of halogens is 1. The van der Waals surface area contributed by atoms with Crippen molar-refractivity contribution in [2.45, 2.75) is 25.3 Å². The van der Waals surface area contributed by atoms with Crippen molar-refractivity contribution in [1.82, 2.24) is 4.57 Å². The summed E-state index contributed by atoms with van der Waals surface area (Å²) in [6, 6.07) is 13.2. The molecule has 0 radical (unpaired) electrons. The number of anilines is 1. The van der Waals surface area contributed by atoms with Crippen LogP contribution in [0.5, 0.6) is 0 Å². The summed E-state index contributed by atoms with van der Waals surface area (Å²) in [5.41, 5.74) is 2.24. The van der Waals surface area contributed by atoms with Crippen LogP contribution in [0.1, 0.15) is 22.6 Å². The second-order valence-corrected chi connectivity index (χ2v) is 7.49. The molecule has 1 N–H and O–H groups in total. The summed E-state index contributed by atoms with van der Waals surface area (Å²) in [4.78, 5) is 13.4. The van der Waals surface area contributed by atoms with Crippen LogP contribution in [0.3, 0.4) is 0 Å². The highest BCUT2D eigenvalue weighted by molar-refractivity contribution is 8.00. The zero-order valence-electron chi connectivity index (χ0n) is 15.0. The zero-order chi connectivity index (χ0) is 19.4. The fourth-order valence-electron chi connectivity index (χ4n) is 2.76. The quantitative estimate of drug-likeness (QED) is 0.592. The summed E-state index contributed by atoms with van der Waals surface area (Å²) in [6.45, 7) is 4.25. The molecule has 1 amide bonds. The Morgan fingerprint density at radius 2 is 2.15 bits per heavy atom. The van der Waals surface area contributed by atoms with E-state index in [1.54, 1.807) is 12.3 Å². The Bertz CT molecular complexity index is 1000. The number of benzene rings is 1. The first kappa shape index (κ1) is 19.2. The van der Waals surface area contributed by atoms with Crippen molar-refractivity contribution in [3.05, 3.63) is 70.3 Å². The topological polar surface area (TPSA) is 71.0 Å². The predicted molar refractivity (Wildman–Crippen MR) is 107 cm³/mol. The lowest BCUT2D eigenvalue weighted by Crippen LogP contribution is -2.18. The van der Waals surface area contributed by atoms with E-state index in [1.807, 2.05) is 48.7 Å². The number of hydrogen-bond donors (Lipinski definition) is 1. The van der Waals surface area contributed by atoms with Gasteiger partial charge in [-0.15, -0.1) is 11.8 Å². The van der Waals surface area contributed by atoms with Crippen molar-refractivity contribution in [2.75, 3.05) is 11.1 Å². The van der Waals surface area contributed by atoms with Crippen LogP contribution in [0.2, 0.25) is 5.02 Å². The Hall–Kier alpha value is -2.62. The van der Waals surface area contributed by atoms with Crippen LogP contribution in [-0.2, 0) is 11.3 Å². The van der Waals surface area contributed by atoms with E-state index in [9.17, 15) is 10.1 Å². The number of nitrogens with zero attached hydrogens (tertiary/aromatic N) is 2. The van der Waals surface area contributed by atoms with Gasteiger partial charge >= 0.3 is 0 Å². The Morgan fingerprint density at radius 1 is 1.33 bits per heavy atom. The Kier molecular flexibility index (Phi) is 5.94. The average Bonchev–Trinajstić information content (AvgIpc) is 3.23. The van der Waals surface area contributed by atoms with Crippen LogP contribution in [0.15, 0.2) is 52.0 Å². The smallest absolute Gasteiger partial charge is 0.235 e. The number of nitrogens with one attached hydrogen (secondary N) is 1. The van der Waals surface area contributed by atoms with Gasteiger partial charge < -0.3 is 14.3 Å². The summed E-state index contributed by atoms with van der Waals surface area (Å²) in [7, 11) is 0. The number of thioether (sulfide) groups is 1. The molecule has 0 spiro atoms. The molecule has 2 aromatic heterocycles. The van der Waals surface area contributed by atoms with E-state index in [2.05, 4.69) is 11.4 Å². The molecule has 7 heteroatoms. The van der Waals surface area contributed by atoms with Gasteiger partial charge in [0.15, 0.2) is 0 Å². The lowest BCUT2D eigenvalue weighted by molar-refractivity contribution is -0.113. The first-order valence-electron chi connectivity index (χ1n) is 8.30. The van der Waals surface area contributed by atoms with Crippen LogP contribution in [0.4, 0.5) is 5.82 Å². The molecule has 0 aliphatic carbocycles. The van der Waals surface area contributed by atoms with Crippen molar-refractivity contribution >= 4 is 35.1 Å². The summed E-state index contributed by atoms with van der Waals surface area (Å²) in [5.74, 6) is 1.28. The molecule has 5 nitrogen and oxygen atoms in total. The number of carbonyl (C=O) groups is 1. The first-order chi connectivity index (χ1) is 13.0. The molecule has 27 heavy (non-hydrogen) atoms. The molecular weight excluding hydrogens is 382 g/mol. The van der Waals surface area contributed by atoms with Gasteiger partial charge in [0.05, 0.1) is 24.1 Å². The third-order valence-electron chi connectivity index (χ3n) is 4.26. The SMILES string of the molecule is Cc1c(C#N)c(NC(=O)CSc2cccc(Cl)c2)n(Cc2ccco2)c1C. The van der Waals surface area contributed by atoms with Gasteiger partial charge in [-0.1, -0.05) is 17.7 Å². The van der Waals surface area contributed by atoms with Crippen LogP contribution in [0.25, 0.3) is 0 Å². The highest BCUT2D eigenvalue weighted by Gasteiger charge is 2.20. The van der Waals surface area contributed by atoms with E-state index in [0.717, 1.165) is 21.9 Å². The molecule has 138 valence electrons. The minimum atomic E-state index is -0.185. The summed E-state index contributed by atoms with van der Waals surface area (Å²) in [6.07, 6.45) is 1.60. The zero-order valence-corrected chi connectivity index (χ0v) is 16.5. The minimum absolute atomic E-state index is 0.185. The third kappa shape index (κ3) is 4.38. The number of aromatic nitrogens is 1. The van der Waals surface area contributed by atoms with E-state index < -0.39 is 0 Å². The Morgan fingerprint density at radius 3 is 2.81 bits per heavy atom. The molecule has 0 saturated heterocycles. The van der Waals surface area contributed by atoms with Gasteiger partial charge in [-0.05, 0) is 49.7 Å². The van der Waals surface area contributed by atoms with E-state index in [-0.39, 0.29) is 11.7 Å². The van der Waals surface area contributed by atoms with Crippen LogP contribution in [0, 0.1) is 25.2 Å². The molecule has 2 heterocycles. The molecule has 0 fully saturated rings. The number of amides is 1. The Labute approximate surface area is 166 Å². The molecule has 1 aromatic carbocycles. The number of hydrogen-bond acceptors (Lipinski definition) is 4. The molecule has 0 aliphatic heterocycles. The number of nitriles is 1. The number of rotatable bonds is 6. The monoisotopic (exact) mass is 399 g/mol. The maximum atomic E-state index is 12.5. The van der Waals surface area contributed by atoms with Gasteiger partial charge in [0.2, 0.25) is 5.91 Å². The van der Waals surface area contributed by atoms with Crippen LogP contribution in [-0.4, -0.2) is 16.2 Å². The molecule has 0 atom stereocenters. The second kappa shape index (κ2) is 8.38. The van der Waals surface area contributed by atoms with E-state index in [4.69, 9.17) is 16.0 Å². The average molecular weight is 400 g/mol. The lowest BCUT2D eigenvalue weighted by Gasteiger charge is -2.12. The van der Waals surface area contributed by atoms with E-state index in [1.165, 1.54) is 11.8 Å². The van der Waals surface area contributed by atoms with Gasteiger partial charge in [-0.2, -0.15) is 5.26 Å².